The molecule has 1 fully saturated rings. The molecular weight excluding hydrogens is 246 g/mol. The van der Waals surface area contributed by atoms with Crippen LogP contribution in [-0.4, -0.2) is 29.4 Å². The molecule has 0 saturated heterocycles. The molecule has 102 valence electrons. The van der Waals surface area contributed by atoms with Crippen molar-refractivity contribution >= 4 is 17.5 Å². The molecule has 2 rings (SSSR count). The predicted octanol–water partition coefficient (Wildman–Crippen LogP) is -0.234. The third-order valence-electron chi connectivity index (χ3n) is 2.80. The van der Waals surface area contributed by atoms with Gasteiger partial charge in [-0.3, -0.25) is 20.4 Å². The fraction of sp³-hybridized carbons (Fsp3) is 0.417. The van der Waals surface area contributed by atoms with Gasteiger partial charge >= 0.3 is 0 Å². The summed E-state index contributed by atoms with van der Waals surface area (Å²) in [5.41, 5.74) is 3.26. The second-order valence-corrected chi connectivity index (χ2v) is 4.41. The Balaban J connectivity index is 1.78. The Morgan fingerprint density at radius 1 is 1.42 bits per heavy atom. The fourth-order valence-electron chi connectivity index (χ4n) is 1.62. The lowest BCUT2D eigenvalue weighted by Crippen LogP contribution is -2.32. The Kier molecular flexibility index (Phi) is 4.30. The van der Waals surface area contributed by atoms with E-state index in [1.807, 2.05) is 0 Å². The monoisotopic (exact) mass is 263 g/mol. The average molecular weight is 263 g/mol. The minimum absolute atomic E-state index is 0.0327. The molecule has 2 amide bonds. The summed E-state index contributed by atoms with van der Waals surface area (Å²) < 4.78 is 0. The number of nitrogens with one attached hydrogen (secondary N) is 3. The first-order chi connectivity index (χ1) is 9.20. The fourth-order valence-corrected chi connectivity index (χ4v) is 1.62. The maximum absolute atomic E-state index is 11.9. The minimum Gasteiger partial charge on any atom is -0.353 e. The molecule has 0 atom stereocenters. The minimum atomic E-state index is -0.283. The molecule has 1 aromatic rings. The number of nitrogens with two attached hydrogens (primary N) is 1. The number of pyridine rings is 1. The summed E-state index contributed by atoms with van der Waals surface area (Å²) in [5, 5.41) is 5.53. The zero-order valence-electron chi connectivity index (χ0n) is 10.5. The van der Waals surface area contributed by atoms with Crippen molar-refractivity contribution in [3.63, 3.8) is 0 Å². The molecule has 0 aromatic carbocycles. The molecule has 0 aliphatic heterocycles. The highest BCUT2D eigenvalue weighted by Gasteiger charge is 2.22. The van der Waals surface area contributed by atoms with Crippen LogP contribution in [0.25, 0.3) is 0 Å². The number of carbonyl (C=O) groups excluding carboxylic acids is 2. The van der Waals surface area contributed by atoms with Crippen molar-refractivity contribution in [2.45, 2.75) is 25.3 Å². The molecule has 1 heterocycles. The van der Waals surface area contributed by atoms with Crippen LogP contribution in [0.5, 0.6) is 0 Å². The number of aromatic nitrogens is 1. The van der Waals surface area contributed by atoms with Gasteiger partial charge in [-0.1, -0.05) is 0 Å². The second-order valence-electron chi connectivity index (χ2n) is 4.41. The highest BCUT2D eigenvalue weighted by Crippen LogP contribution is 2.18. The van der Waals surface area contributed by atoms with E-state index in [9.17, 15) is 9.59 Å². The van der Waals surface area contributed by atoms with Crippen molar-refractivity contribution in [2.24, 2.45) is 5.84 Å². The van der Waals surface area contributed by atoms with Crippen LogP contribution in [0.4, 0.5) is 5.69 Å². The molecule has 1 aliphatic carbocycles. The molecule has 1 saturated carbocycles. The Morgan fingerprint density at radius 3 is 2.89 bits per heavy atom. The van der Waals surface area contributed by atoms with E-state index in [4.69, 9.17) is 5.84 Å². The van der Waals surface area contributed by atoms with Gasteiger partial charge < -0.3 is 16.1 Å². The van der Waals surface area contributed by atoms with E-state index in [-0.39, 0.29) is 18.2 Å². The number of nitrogens with zero attached hydrogens (tertiary/aromatic N) is 1. The maximum atomic E-state index is 11.9. The van der Waals surface area contributed by atoms with Gasteiger partial charge in [0.25, 0.3) is 5.91 Å². The van der Waals surface area contributed by atoms with Gasteiger partial charge in [-0.2, -0.15) is 0 Å². The Hall–Kier alpha value is -2.15. The summed E-state index contributed by atoms with van der Waals surface area (Å²) in [7, 11) is 0. The van der Waals surface area contributed by atoms with Crippen LogP contribution in [0.1, 0.15) is 29.6 Å². The molecule has 7 heteroatoms. The number of anilines is 1. The number of rotatable bonds is 6. The lowest BCUT2D eigenvalue weighted by molar-refractivity contribution is -0.121. The SMILES string of the molecule is NNc1cnccc1C(=O)NCCC(=O)NC1CC1. The number of amides is 2. The Bertz CT molecular complexity index is 473. The van der Waals surface area contributed by atoms with E-state index in [0.29, 0.717) is 23.8 Å². The topological polar surface area (TPSA) is 109 Å². The first-order valence-electron chi connectivity index (χ1n) is 6.19. The lowest BCUT2D eigenvalue weighted by Gasteiger charge is -2.09. The van der Waals surface area contributed by atoms with Crippen LogP contribution in [0, 0.1) is 0 Å². The Labute approximate surface area is 110 Å². The van der Waals surface area contributed by atoms with Gasteiger partial charge in [0, 0.05) is 25.2 Å². The maximum Gasteiger partial charge on any atom is 0.253 e. The van der Waals surface area contributed by atoms with Gasteiger partial charge in [-0.05, 0) is 18.9 Å². The zero-order chi connectivity index (χ0) is 13.7. The number of hydrogen-bond acceptors (Lipinski definition) is 5. The molecule has 1 aromatic heterocycles. The smallest absolute Gasteiger partial charge is 0.253 e. The van der Waals surface area contributed by atoms with Crippen molar-refractivity contribution in [2.75, 3.05) is 12.0 Å². The molecule has 1 aliphatic rings. The van der Waals surface area contributed by atoms with Crippen LogP contribution in [0.2, 0.25) is 0 Å². The molecular formula is C12H17N5O2. The first-order valence-corrected chi connectivity index (χ1v) is 6.19. The number of hydrazine groups is 1. The third kappa shape index (κ3) is 3.92. The van der Waals surface area contributed by atoms with Gasteiger partial charge in [-0.15, -0.1) is 0 Å². The van der Waals surface area contributed by atoms with E-state index in [1.165, 1.54) is 12.4 Å². The highest BCUT2D eigenvalue weighted by molar-refractivity contribution is 5.99. The van der Waals surface area contributed by atoms with Crippen LogP contribution in [-0.2, 0) is 4.79 Å². The van der Waals surface area contributed by atoms with Crippen LogP contribution in [0.15, 0.2) is 18.5 Å². The number of hydrogen-bond donors (Lipinski definition) is 4. The summed E-state index contributed by atoms with van der Waals surface area (Å²) in [5.74, 6) is 4.98. The average Bonchev–Trinajstić information content (AvgIpc) is 3.22. The zero-order valence-corrected chi connectivity index (χ0v) is 10.5. The van der Waals surface area contributed by atoms with Crippen LogP contribution >= 0.6 is 0 Å². The van der Waals surface area contributed by atoms with Gasteiger partial charge in [0.2, 0.25) is 5.91 Å². The van der Waals surface area contributed by atoms with Crippen LogP contribution < -0.4 is 21.9 Å². The largest absolute Gasteiger partial charge is 0.353 e. The number of carbonyl (C=O) groups is 2. The van der Waals surface area contributed by atoms with E-state index in [0.717, 1.165) is 12.8 Å². The van der Waals surface area contributed by atoms with Gasteiger partial charge in [-0.25, -0.2) is 0 Å². The molecule has 0 radical (unpaired) electrons. The summed E-state index contributed by atoms with van der Waals surface area (Å²) in [6, 6.07) is 1.91. The molecule has 0 unspecified atom stereocenters. The van der Waals surface area contributed by atoms with Crippen molar-refractivity contribution in [3.05, 3.63) is 24.0 Å². The molecule has 0 spiro atoms. The van der Waals surface area contributed by atoms with Gasteiger partial charge in [0.05, 0.1) is 17.4 Å². The standard InChI is InChI=1S/C12H17N5O2/c13-17-10-7-14-5-3-9(10)12(19)15-6-4-11(18)16-8-1-2-8/h3,5,7-8,17H,1-2,4,6,13H2,(H,15,19)(H,16,18). The predicted molar refractivity (Wildman–Crippen MR) is 70.2 cm³/mol. The second kappa shape index (κ2) is 6.14. The van der Waals surface area contributed by atoms with Crippen molar-refractivity contribution in [1.29, 1.82) is 0 Å². The molecule has 19 heavy (non-hydrogen) atoms. The van der Waals surface area contributed by atoms with E-state index < -0.39 is 0 Å². The summed E-state index contributed by atoms with van der Waals surface area (Å²) in [4.78, 5) is 27.2. The van der Waals surface area contributed by atoms with Gasteiger partial charge in [0.1, 0.15) is 0 Å². The Morgan fingerprint density at radius 2 is 2.21 bits per heavy atom. The molecule has 5 N–H and O–H groups in total. The van der Waals surface area contributed by atoms with Crippen molar-refractivity contribution < 1.29 is 9.59 Å². The van der Waals surface area contributed by atoms with Gasteiger partial charge in [0.15, 0.2) is 0 Å². The van der Waals surface area contributed by atoms with E-state index in [1.54, 1.807) is 6.07 Å². The summed E-state index contributed by atoms with van der Waals surface area (Å²) in [6.07, 6.45) is 5.37. The summed E-state index contributed by atoms with van der Waals surface area (Å²) in [6.45, 7) is 0.295. The lowest BCUT2D eigenvalue weighted by atomic mass is 10.2. The third-order valence-corrected chi connectivity index (χ3v) is 2.80. The normalized spacial score (nSPS) is 13.7. The quantitative estimate of drug-likeness (QED) is 0.418. The van der Waals surface area contributed by atoms with E-state index in [2.05, 4.69) is 21.0 Å². The summed E-state index contributed by atoms with van der Waals surface area (Å²) >= 11 is 0. The van der Waals surface area contributed by atoms with Crippen LogP contribution in [0.3, 0.4) is 0 Å². The highest BCUT2D eigenvalue weighted by atomic mass is 16.2. The van der Waals surface area contributed by atoms with Crippen molar-refractivity contribution in [1.82, 2.24) is 15.6 Å². The number of nitrogen functional groups attached to an aromatic ring is 1. The van der Waals surface area contributed by atoms with Crippen molar-refractivity contribution in [3.8, 4) is 0 Å². The molecule has 7 nitrogen and oxygen atoms in total. The first kappa shape index (κ1) is 13.3. The van der Waals surface area contributed by atoms with E-state index >= 15 is 0 Å². The molecule has 0 bridgehead atoms.